The lowest BCUT2D eigenvalue weighted by atomic mass is 10.1. The van der Waals surface area contributed by atoms with Crippen molar-refractivity contribution >= 4 is 40.8 Å². The molecule has 1 aromatic heterocycles. The number of halogens is 3. The lowest BCUT2D eigenvalue weighted by Crippen LogP contribution is -2.10. The molecular formula is C28H24F3NO3S3. The molecule has 0 aliphatic heterocycles. The quantitative estimate of drug-likeness (QED) is 0.181. The summed E-state index contributed by atoms with van der Waals surface area (Å²) in [5.74, 6) is 0.808. The van der Waals surface area contributed by atoms with Crippen molar-refractivity contribution < 1.29 is 27.8 Å². The first kappa shape index (κ1) is 28.1. The van der Waals surface area contributed by atoms with Crippen LogP contribution in [0.4, 0.5) is 13.2 Å². The van der Waals surface area contributed by atoms with Crippen molar-refractivity contribution in [3.63, 3.8) is 0 Å². The van der Waals surface area contributed by atoms with Crippen molar-refractivity contribution in [3.8, 4) is 16.3 Å². The summed E-state index contributed by atoms with van der Waals surface area (Å²) >= 11 is 4.78. The maximum Gasteiger partial charge on any atom is 0.416 e. The Hall–Kier alpha value is -2.95. The molecule has 1 heterocycles. The molecule has 0 saturated carbocycles. The summed E-state index contributed by atoms with van der Waals surface area (Å²) in [7, 11) is 0. The first-order valence-corrected chi connectivity index (χ1v) is 14.5. The minimum Gasteiger partial charge on any atom is -0.482 e. The molecule has 0 aliphatic carbocycles. The van der Waals surface area contributed by atoms with Crippen LogP contribution in [0.2, 0.25) is 0 Å². The largest absolute Gasteiger partial charge is 0.482 e. The van der Waals surface area contributed by atoms with E-state index in [-0.39, 0.29) is 0 Å². The van der Waals surface area contributed by atoms with E-state index in [1.165, 1.54) is 23.5 Å². The average molecular weight is 576 g/mol. The Labute approximate surface area is 231 Å². The van der Waals surface area contributed by atoms with Gasteiger partial charge in [-0.3, -0.25) is 0 Å². The topological polar surface area (TPSA) is 59.4 Å². The number of carbonyl (C=O) groups is 1. The highest BCUT2D eigenvalue weighted by Gasteiger charge is 2.30. The molecule has 0 spiro atoms. The molecule has 0 aliphatic rings. The first-order valence-electron chi connectivity index (χ1n) is 11.7. The van der Waals surface area contributed by atoms with Gasteiger partial charge in [0.05, 0.1) is 11.3 Å². The van der Waals surface area contributed by atoms with Gasteiger partial charge in [-0.25, -0.2) is 9.78 Å². The van der Waals surface area contributed by atoms with Crippen molar-refractivity contribution in [2.45, 2.75) is 40.8 Å². The number of hydrogen-bond acceptors (Lipinski definition) is 6. The zero-order valence-electron chi connectivity index (χ0n) is 20.3. The highest BCUT2D eigenvalue weighted by atomic mass is 32.2. The maximum atomic E-state index is 13.0. The highest BCUT2D eigenvalue weighted by molar-refractivity contribution is 7.99. The smallest absolute Gasteiger partial charge is 0.416 e. The number of benzene rings is 3. The lowest BCUT2D eigenvalue weighted by molar-refractivity contribution is -0.139. The molecule has 0 atom stereocenters. The Balaban J connectivity index is 1.55. The molecule has 0 bridgehead atoms. The third-order valence-electron chi connectivity index (χ3n) is 5.49. The maximum absolute atomic E-state index is 13.0. The fraction of sp³-hybridized carbons (Fsp3) is 0.214. The third-order valence-corrected chi connectivity index (χ3v) is 8.86. The molecule has 0 saturated heterocycles. The minimum absolute atomic E-state index is 0.393. The summed E-state index contributed by atoms with van der Waals surface area (Å²) in [6, 6.07) is 20.8. The lowest BCUT2D eigenvalue weighted by Gasteiger charge is -2.11. The third kappa shape index (κ3) is 7.55. The highest BCUT2D eigenvalue weighted by Crippen LogP contribution is 2.38. The van der Waals surface area contributed by atoms with E-state index in [1.807, 2.05) is 49.4 Å². The van der Waals surface area contributed by atoms with E-state index < -0.39 is 24.3 Å². The second-order valence-corrected chi connectivity index (χ2v) is 11.3. The molecule has 0 amide bonds. The summed E-state index contributed by atoms with van der Waals surface area (Å²) < 4.78 is 44.4. The van der Waals surface area contributed by atoms with Crippen LogP contribution in [0, 0.1) is 0 Å². The normalized spacial score (nSPS) is 11.5. The van der Waals surface area contributed by atoms with Crippen molar-refractivity contribution in [2.24, 2.45) is 0 Å². The summed E-state index contributed by atoms with van der Waals surface area (Å²) in [4.78, 5) is 18.8. The molecule has 4 aromatic rings. The second kappa shape index (κ2) is 12.7. The molecule has 198 valence electrons. The molecule has 10 heteroatoms. The van der Waals surface area contributed by atoms with Crippen LogP contribution in [0.3, 0.4) is 0 Å². The van der Waals surface area contributed by atoms with E-state index in [9.17, 15) is 18.0 Å². The van der Waals surface area contributed by atoms with Crippen molar-refractivity contribution in [1.82, 2.24) is 4.98 Å². The Morgan fingerprint density at radius 2 is 1.68 bits per heavy atom. The van der Waals surface area contributed by atoms with Crippen LogP contribution in [0.5, 0.6) is 5.75 Å². The van der Waals surface area contributed by atoms with E-state index in [0.717, 1.165) is 38.1 Å². The monoisotopic (exact) mass is 575 g/mol. The number of carboxylic acid groups (broad SMARTS) is 1. The number of nitrogens with zero attached hydrogens (tertiary/aromatic N) is 1. The van der Waals surface area contributed by atoms with Crippen molar-refractivity contribution in [2.75, 3.05) is 6.61 Å². The number of thioether (sulfide) groups is 2. The van der Waals surface area contributed by atoms with E-state index in [1.54, 1.807) is 29.6 Å². The number of aromatic nitrogens is 1. The van der Waals surface area contributed by atoms with E-state index in [4.69, 9.17) is 14.8 Å². The van der Waals surface area contributed by atoms with Gasteiger partial charge >= 0.3 is 12.1 Å². The van der Waals surface area contributed by atoms with Gasteiger partial charge in [0.2, 0.25) is 0 Å². The van der Waals surface area contributed by atoms with Crippen LogP contribution < -0.4 is 4.74 Å². The fourth-order valence-electron chi connectivity index (χ4n) is 3.55. The number of hydrogen-bond donors (Lipinski definition) is 1. The molecular weight excluding hydrogens is 552 g/mol. The molecule has 4 nitrogen and oxygen atoms in total. The van der Waals surface area contributed by atoms with E-state index in [0.29, 0.717) is 34.2 Å². The fourth-order valence-corrected chi connectivity index (χ4v) is 6.68. The Kier molecular flexibility index (Phi) is 9.40. The minimum atomic E-state index is -4.38. The van der Waals surface area contributed by atoms with Crippen LogP contribution in [0.25, 0.3) is 10.6 Å². The van der Waals surface area contributed by atoms with Crippen LogP contribution in [0.1, 0.15) is 28.6 Å². The predicted octanol–water partition coefficient (Wildman–Crippen LogP) is 8.44. The Morgan fingerprint density at radius 3 is 2.34 bits per heavy atom. The predicted molar refractivity (Wildman–Crippen MR) is 147 cm³/mol. The van der Waals surface area contributed by atoms with Crippen LogP contribution >= 0.6 is 34.9 Å². The number of ether oxygens (including phenoxy) is 1. The van der Waals surface area contributed by atoms with Crippen molar-refractivity contribution in [1.29, 1.82) is 0 Å². The van der Waals surface area contributed by atoms with Gasteiger partial charge in [-0.2, -0.15) is 13.2 Å². The molecule has 0 fully saturated rings. The number of alkyl halides is 3. The summed E-state index contributed by atoms with van der Waals surface area (Å²) in [5, 5.41) is 9.58. The van der Waals surface area contributed by atoms with E-state index >= 15 is 0 Å². The average Bonchev–Trinajstić information content (AvgIpc) is 3.33. The molecule has 0 unspecified atom stereocenters. The van der Waals surface area contributed by atoms with Crippen molar-refractivity contribution in [3.05, 3.63) is 94.5 Å². The molecule has 0 radical (unpaired) electrons. The van der Waals surface area contributed by atoms with Crippen LogP contribution in [-0.2, 0) is 28.9 Å². The van der Waals surface area contributed by atoms with Crippen LogP contribution in [-0.4, -0.2) is 22.7 Å². The summed E-state index contributed by atoms with van der Waals surface area (Å²) in [6.07, 6.45) is -3.69. The molecule has 1 N–H and O–H groups in total. The van der Waals surface area contributed by atoms with Gasteiger partial charge in [-0.05, 0) is 54.4 Å². The molecule has 4 rings (SSSR count). The van der Waals surface area contributed by atoms with Gasteiger partial charge in [0, 0.05) is 31.7 Å². The summed E-state index contributed by atoms with van der Waals surface area (Å²) in [5.41, 5.74) is 1.79. The van der Waals surface area contributed by atoms with Gasteiger partial charge in [0.25, 0.3) is 0 Å². The molecule has 38 heavy (non-hydrogen) atoms. The zero-order valence-corrected chi connectivity index (χ0v) is 22.8. The van der Waals surface area contributed by atoms with Gasteiger partial charge < -0.3 is 9.84 Å². The van der Waals surface area contributed by atoms with Gasteiger partial charge in [-0.15, -0.1) is 34.9 Å². The number of aryl methyl sites for hydroxylation is 1. The SMILES string of the molecule is CCc1cc(SCc2sc(-c3ccc(C(F)(F)F)cc3)nc2CSc2ccccc2)ccc1OCC(=O)O. The molecule has 3 aromatic carbocycles. The second-order valence-electron chi connectivity index (χ2n) is 8.16. The zero-order chi connectivity index (χ0) is 27.1. The van der Waals surface area contributed by atoms with Gasteiger partial charge in [-0.1, -0.05) is 37.3 Å². The first-order chi connectivity index (χ1) is 18.2. The number of thiazole rings is 1. The van der Waals surface area contributed by atoms with Crippen LogP contribution in [0.15, 0.2) is 82.6 Å². The number of rotatable bonds is 11. The summed E-state index contributed by atoms with van der Waals surface area (Å²) in [6.45, 7) is 1.59. The Bertz CT molecular complexity index is 1370. The van der Waals surface area contributed by atoms with E-state index in [2.05, 4.69) is 0 Å². The van der Waals surface area contributed by atoms with Gasteiger partial charge in [0.15, 0.2) is 6.61 Å². The van der Waals surface area contributed by atoms with Gasteiger partial charge in [0.1, 0.15) is 10.8 Å². The number of carboxylic acids is 1. The Morgan fingerprint density at radius 1 is 0.974 bits per heavy atom. The standard InChI is InChI=1S/C28H24F3NO3S3/c1-2-18-14-22(12-13-24(18)35-15-26(33)34)37-17-25-23(16-36-21-6-4-3-5-7-21)32-27(38-25)19-8-10-20(11-9-19)28(29,30)31/h3-14H,2,15-17H2,1H3,(H,33,34). The number of aliphatic carboxylic acids is 1.